The third kappa shape index (κ3) is 6.85. The van der Waals surface area contributed by atoms with E-state index in [4.69, 9.17) is 8.85 Å². The van der Waals surface area contributed by atoms with Gasteiger partial charge in [-0.2, -0.15) is 0 Å². The van der Waals surface area contributed by atoms with Gasteiger partial charge in [-0.1, -0.05) is 54.5 Å². The number of hydrogen-bond donors (Lipinski definition) is 0. The van der Waals surface area contributed by atoms with E-state index >= 15 is 0 Å². The summed E-state index contributed by atoms with van der Waals surface area (Å²) in [5.74, 6) is 0.354. The van der Waals surface area contributed by atoms with E-state index in [0.717, 1.165) is 13.0 Å². The van der Waals surface area contributed by atoms with E-state index in [1.54, 1.807) is 0 Å². The molecule has 4 heteroatoms. The molecule has 0 aromatic rings. The highest BCUT2D eigenvalue weighted by molar-refractivity contribution is 6.74. The molecule has 0 saturated heterocycles. The van der Waals surface area contributed by atoms with Crippen LogP contribution in [0.4, 0.5) is 0 Å². The first-order valence-corrected chi connectivity index (χ1v) is 14.8. The van der Waals surface area contributed by atoms with Gasteiger partial charge >= 0.3 is 0 Å². The first kappa shape index (κ1) is 23.1. The zero-order valence-corrected chi connectivity index (χ0v) is 19.7. The molecular weight excluding hydrogens is 316 g/mol. The third-order valence-electron chi connectivity index (χ3n) is 5.88. The van der Waals surface area contributed by atoms with Gasteiger partial charge in [0.2, 0.25) is 0 Å². The van der Waals surface area contributed by atoms with Gasteiger partial charge in [0, 0.05) is 6.61 Å². The minimum absolute atomic E-state index is 0.207. The van der Waals surface area contributed by atoms with Crippen molar-refractivity contribution in [3.8, 4) is 0 Å². The van der Waals surface area contributed by atoms with Gasteiger partial charge in [-0.15, -0.1) is 6.58 Å². The van der Waals surface area contributed by atoms with Crippen molar-refractivity contribution in [2.24, 2.45) is 5.92 Å². The second kappa shape index (κ2) is 7.98. The van der Waals surface area contributed by atoms with Crippen LogP contribution in [0, 0.1) is 5.92 Å². The maximum atomic E-state index is 6.66. The van der Waals surface area contributed by atoms with Gasteiger partial charge in [-0.05, 0) is 48.6 Å². The maximum absolute atomic E-state index is 6.66. The minimum atomic E-state index is -1.77. The van der Waals surface area contributed by atoms with Crippen molar-refractivity contribution in [3.05, 3.63) is 12.7 Å². The first-order chi connectivity index (χ1) is 10.0. The highest BCUT2D eigenvalue weighted by atomic mass is 28.4. The fourth-order valence-corrected chi connectivity index (χ4v) is 4.29. The Hall–Kier alpha value is 0.0938. The summed E-state index contributed by atoms with van der Waals surface area (Å²) in [6, 6.07) is 0. The predicted octanol–water partition coefficient (Wildman–Crippen LogP) is 6.61. The zero-order valence-electron chi connectivity index (χ0n) is 17.7. The van der Waals surface area contributed by atoms with Crippen molar-refractivity contribution in [2.45, 2.75) is 97.3 Å². The molecule has 0 aromatic heterocycles. The topological polar surface area (TPSA) is 18.5 Å². The van der Waals surface area contributed by atoms with E-state index in [2.05, 4.69) is 81.2 Å². The summed E-state index contributed by atoms with van der Waals surface area (Å²) in [6.45, 7) is 30.0. The minimum Gasteiger partial charge on any atom is -0.417 e. The summed E-state index contributed by atoms with van der Waals surface area (Å²) < 4.78 is 13.0. The van der Waals surface area contributed by atoms with Crippen LogP contribution in [0.1, 0.15) is 54.9 Å². The van der Waals surface area contributed by atoms with Crippen LogP contribution < -0.4 is 0 Å². The van der Waals surface area contributed by atoms with Crippen LogP contribution in [-0.4, -0.2) is 29.3 Å². The Kier molecular flexibility index (Phi) is 8.01. The summed E-state index contributed by atoms with van der Waals surface area (Å²) in [6.07, 6.45) is 3.18. The van der Waals surface area contributed by atoms with Gasteiger partial charge in [0.05, 0.1) is 6.10 Å². The van der Waals surface area contributed by atoms with E-state index < -0.39 is 16.6 Å². The maximum Gasteiger partial charge on any atom is 0.192 e. The van der Waals surface area contributed by atoms with Crippen molar-refractivity contribution in [2.75, 3.05) is 6.61 Å². The zero-order chi connectivity index (χ0) is 18.7. The predicted molar refractivity (Wildman–Crippen MR) is 109 cm³/mol. The van der Waals surface area contributed by atoms with Crippen molar-refractivity contribution < 1.29 is 8.85 Å². The van der Waals surface area contributed by atoms with Crippen molar-refractivity contribution in [1.82, 2.24) is 0 Å². The molecule has 0 aromatic carbocycles. The lowest BCUT2D eigenvalue weighted by Crippen LogP contribution is -2.46. The van der Waals surface area contributed by atoms with Crippen LogP contribution in [0.2, 0.25) is 36.3 Å². The second-order valence-electron chi connectivity index (χ2n) is 9.91. The van der Waals surface area contributed by atoms with E-state index in [-0.39, 0.29) is 16.2 Å². The Morgan fingerprint density at radius 1 is 0.913 bits per heavy atom. The SMILES string of the molecule is C=C[C@@H](C)[C@H](CCO[Si](C)(C)C(C)(C)C)O[Si](C)(C)C(C)(C)C. The standard InChI is InChI=1S/C19H42O2Si2/c1-13-16(2)17(21-23(11,12)19(6,7)8)14-15-20-22(9,10)18(3,4)5/h13,16-17H,1,14-15H2,2-12H3/t16-,17+/m1/s1. The molecule has 0 aliphatic rings. The monoisotopic (exact) mass is 358 g/mol. The molecule has 0 rings (SSSR count). The molecule has 0 aliphatic carbocycles. The van der Waals surface area contributed by atoms with E-state index in [0.29, 0.717) is 5.92 Å². The van der Waals surface area contributed by atoms with E-state index in [1.165, 1.54) is 0 Å². The van der Waals surface area contributed by atoms with Crippen LogP contribution in [-0.2, 0) is 8.85 Å². The second-order valence-corrected chi connectivity index (χ2v) is 19.5. The van der Waals surface area contributed by atoms with Crippen molar-refractivity contribution >= 4 is 16.6 Å². The summed E-state index contributed by atoms with van der Waals surface area (Å²) in [4.78, 5) is 0. The molecule has 2 atom stereocenters. The number of rotatable bonds is 8. The molecule has 0 spiro atoms. The van der Waals surface area contributed by atoms with Crippen molar-refractivity contribution in [3.63, 3.8) is 0 Å². The molecule has 0 amide bonds. The van der Waals surface area contributed by atoms with Gasteiger partial charge in [0.15, 0.2) is 16.6 Å². The quantitative estimate of drug-likeness (QED) is 0.359. The van der Waals surface area contributed by atoms with E-state index in [1.807, 2.05) is 6.08 Å². The Labute approximate surface area is 148 Å². The fourth-order valence-electron chi connectivity index (χ4n) is 1.78. The van der Waals surface area contributed by atoms with Crippen LogP contribution in [0.3, 0.4) is 0 Å². The molecule has 0 heterocycles. The number of hydrogen-bond acceptors (Lipinski definition) is 2. The molecule has 0 aliphatic heterocycles. The average Bonchev–Trinajstić information content (AvgIpc) is 2.33. The first-order valence-electron chi connectivity index (χ1n) is 8.99. The largest absolute Gasteiger partial charge is 0.417 e. The van der Waals surface area contributed by atoms with E-state index in [9.17, 15) is 0 Å². The molecule has 2 nitrogen and oxygen atoms in total. The summed E-state index contributed by atoms with van der Waals surface area (Å²) in [5.41, 5.74) is 0. The Morgan fingerprint density at radius 3 is 1.70 bits per heavy atom. The lowest BCUT2D eigenvalue weighted by molar-refractivity contribution is 0.113. The average molecular weight is 359 g/mol. The van der Waals surface area contributed by atoms with Crippen LogP contribution in [0.15, 0.2) is 12.7 Å². The highest BCUT2D eigenvalue weighted by Gasteiger charge is 2.40. The third-order valence-corrected chi connectivity index (χ3v) is 14.9. The molecule has 0 N–H and O–H groups in total. The molecular formula is C19H42O2Si2. The van der Waals surface area contributed by atoms with Crippen LogP contribution in [0.25, 0.3) is 0 Å². The van der Waals surface area contributed by atoms with Gasteiger partial charge in [-0.25, -0.2) is 0 Å². The van der Waals surface area contributed by atoms with Gasteiger partial charge in [-0.3, -0.25) is 0 Å². The normalized spacial score (nSPS) is 17.0. The summed E-state index contributed by atoms with van der Waals surface area (Å²) >= 11 is 0. The van der Waals surface area contributed by atoms with Gasteiger partial charge in [0.25, 0.3) is 0 Å². The van der Waals surface area contributed by atoms with Gasteiger partial charge in [0.1, 0.15) is 0 Å². The lowest BCUT2D eigenvalue weighted by atomic mass is 10.0. The summed E-state index contributed by atoms with van der Waals surface area (Å²) in [5, 5.41) is 0.485. The van der Waals surface area contributed by atoms with Crippen LogP contribution in [0.5, 0.6) is 0 Å². The Bertz CT molecular complexity index is 376. The van der Waals surface area contributed by atoms with Crippen LogP contribution >= 0.6 is 0 Å². The fraction of sp³-hybridized carbons (Fsp3) is 0.895. The lowest BCUT2D eigenvalue weighted by Gasteiger charge is -2.41. The van der Waals surface area contributed by atoms with Gasteiger partial charge < -0.3 is 8.85 Å². The smallest absolute Gasteiger partial charge is 0.192 e. The molecule has 0 radical (unpaired) electrons. The highest BCUT2D eigenvalue weighted by Crippen LogP contribution is 2.39. The molecule has 0 fully saturated rings. The Morgan fingerprint density at radius 2 is 1.35 bits per heavy atom. The Balaban J connectivity index is 4.88. The summed E-state index contributed by atoms with van der Waals surface area (Å²) in [7, 11) is -3.45. The molecule has 138 valence electrons. The molecule has 23 heavy (non-hydrogen) atoms. The molecule has 0 saturated carbocycles. The molecule has 0 unspecified atom stereocenters. The van der Waals surface area contributed by atoms with Crippen molar-refractivity contribution in [1.29, 1.82) is 0 Å². The molecule has 0 bridgehead atoms.